The van der Waals surface area contributed by atoms with Crippen LogP contribution in [0, 0.1) is 0 Å². The minimum absolute atomic E-state index is 0.0477. The summed E-state index contributed by atoms with van der Waals surface area (Å²) >= 11 is 0. The summed E-state index contributed by atoms with van der Waals surface area (Å²) < 4.78 is 239. The molecule has 0 radical (unpaired) electrons. The Morgan fingerprint density at radius 1 is 0.483 bits per heavy atom. The number of quaternary nitrogens is 1. The lowest BCUT2D eigenvalue weighted by Gasteiger charge is -2.53. The first-order chi connectivity index (χ1) is 41.6. The monoisotopic (exact) mass is 1390 g/mol. The Morgan fingerprint density at radius 2 is 0.775 bits per heavy atom. The zero-order chi connectivity index (χ0) is 68.6. The van der Waals surface area contributed by atoms with Crippen molar-refractivity contribution in [3.63, 3.8) is 0 Å². The van der Waals surface area contributed by atoms with Crippen LogP contribution in [0.1, 0.15) is 248 Å². The number of halogens is 5. The summed E-state index contributed by atoms with van der Waals surface area (Å²) in [5, 5.41) is 16.6. The zero-order valence-corrected chi connectivity index (χ0v) is 57.9. The van der Waals surface area contributed by atoms with Crippen LogP contribution in [0.3, 0.4) is 0 Å². The molecule has 32 heteroatoms. The molecule has 0 aliphatic rings. The molecule has 0 aromatic carbocycles. The third kappa shape index (κ3) is 28.5. The van der Waals surface area contributed by atoms with Crippen molar-refractivity contribution in [3.8, 4) is 0 Å². The molecule has 0 bridgehead atoms. The van der Waals surface area contributed by atoms with Crippen LogP contribution in [0.5, 0.6) is 0 Å². The smallest absolute Gasteiger partial charge is 0.458 e. The van der Waals surface area contributed by atoms with Crippen molar-refractivity contribution in [2.24, 2.45) is 0 Å². The van der Waals surface area contributed by atoms with Crippen LogP contribution in [-0.2, 0) is 74.0 Å². The Kier molecular flexibility index (Phi) is 44.6. The van der Waals surface area contributed by atoms with E-state index in [4.69, 9.17) is 14.9 Å². The number of aliphatic hydroxyl groups is 1. The Morgan fingerprint density at radius 3 is 1.06 bits per heavy atom. The highest BCUT2D eigenvalue weighted by Crippen LogP contribution is 2.55. The maximum atomic E-state index is 19.5. The van der Waals surface area contributed by atoms with Gasteiger partial charge in [-0.25, -0.2) is 48.1 Å². The van der Waals surface area contributed by atoms with Gasteiger partial charge in [-0.3, -0.25) is 0 Å². The number of carboxylic acid groups (broad SMARTS) is 1. The molecule has 0 heterocycles. The summed E-state index contributed by atoms with van der Waals surface area (Å²) in [6.45, 7) is 14.8. The summed E-state index contributed by atoms with van der Waals surface area (Å²) in [6.07, 6.45) is 9.76. The number of likely N-dealkylation sites (N-methyl/N-ethyl adjacent to an activating group) is 1. The highest BCUT2D eigenvalue weighted by atomic mass is 32.2. The number of unbranched alkanes of at least 4 members (excludes halogenated alkanes) is 25. The average Bonchev–Trinajstić information content (AvgIpc) is 0.667. The lowest BCUT2D eigenvalue weighted by molar-refractivity contribution is -1.04. The van der Waals surface area contributed by atoms with Crippen molar-refractivity contribution >= 4 is 68.0 Å². The van der Waals surface area contributed by atoms with Gasteiger partial charge in [-0.05, 0) is 52.4 Å². The van der Waals surface area contributed by atoms with Gasteiger partial charge in [-0.15, -0.1) is 17.9 Å². The number of esters is 2. The van der Waals surface area contributed by atoms with Crippen LogP contribution < -0.4 is 0 Å². The van der Waals surface area contributed by atoms with Crippen molar-refractivity contribution in [1.82, 2.24) is 18.1 Å². The van der Waals surface area contributed by atoms with E-state index in [2.05, 4.69) is 17.9 Å². The molecule has 0 spiro atoms. The molecule has 22 nitrogen and oxygen atoms in total. The number of hydrogen-bond donors (Lipinski definition) is 2. The second-order valence-electron chi connectivity index (χ2n) is 22.0. The molecule has 2 atom stereocenters. The van der Waals surface area contributed by atoms with Gasteiger partial charge in [-0.1, -0.05) is 214 Å². The molecular formula is C57H107F5N5O17S5+. The van der Waals surface area contributed by atoms with E-state index < -0.39 is 175 Å². The minimum atomic E-state index is -6.48. The standard InChI is InChI=1S/C48H95F5N5O12S5.C9H12O5/c1-9-15-20-25-30-35-40-71(60,61)54(49)47(55(50)72(62,63)41-36-31-26-21-16-10-2,56(51)73(64,65)42-37-32-27-22-17-11-3)48(70-46(59)45(7)8,57(52)74(66,67)43-38-33-28-23-18-12-4)58(53,14-6)75(68,69)44-39-34-29-24-19-13-5;1-7(3-2-4-8(11)12)9(13)14-6-5-10/h7,9-44H2,1-6,8H3;2,4,10H,1,3,5-6H2,(H,11,12)/q+1;. The van der Waals surface area contributed by atoms with Crippen LogP contribution in [0.15, 0.2) is 36.5 Å². The molecule has 0 saturated carbocycles. The van der Waals surface area contributed by atoms with Crippen molar-refractivity contribution in [1.29, 1.82) is 0 Å². The van der Waals surface area contributed by atoms with Gasteiger partial charge in [0.25, 0.3) is 0 Å². The van der Waals surface area contributed by atoms with Gasteiger partial charge in [-0.2, -0.15) is 8.42 Å². The van der Waals surface area contributed by atoms with Crippen LogP contribution in [0.2, 0.25) is 0 Å². The number of aliphatic carboxylic acids is 1. The maximum Gasteiger partial charge on any atom is 0.458 e. The Balaban J connectivity index is 0. The topological polar surface area (TPSA) is 294 Å². The molecule has 526 valence electrons. The van der Waals surface area contributed by atoms with Crippen LogP contribution in [0.25, 0.3) is 0 Å². The second kappa shape index (κ2) is 45.2. The number of allylic oxidation sites excluding steroid dienone is 1. The largest absolute Gasteiger partial charge is 0.478 e. The Bertz CT molecular complexity index is 2570. The predicted molar refractivity (Wildman–Crippen MR) is 334 cm³/mol. The van der Waals surface area contributed by atoms with E-state index in [-0.39, 0.29) is 76.6 Å². The summed E-state index contributed by atoms with van der Waals surface area (Å²) in [7, 11) is -32.2. The van der Waals surface area contributed by atoms with Crippen LogP contribution in [-0.4, -0.2) is 153 Å². The fourth-order valence-corrected chi connectivity index (χ4v) is 16.8. The highest BCUT2D eigenvalue weighted by molar-refractivity contribution is 7.91. The molecule has 0 aliphatic heterocycles. The predicted octanol–water partition coefficient (Wildman–Crippen LogP) is 12.4. The number of ether oxygens (including phenoxy) is 2. The van der Waals surface area contributed by atoms with E-state index in [1.54, 1.807) is 0 Å². The summed E-state index contributed by atoms with van der Waals surface area (Å²) in [6, 6.07) is 0. The molecular weight excluding hydrogens is 1280 g/mol. The molecule has 0 amide bonds. The van der Waals surface area contributed by atoms with E-state index >= 15 is 30.8 Å². The van der Waals surface area contributed by atoms with E-state index in [0.29, 0.717) is 110 Å². The summed E-state index contributed by atoms with van der Waals surface area (Å²) in [5.74, 6) is -24.5. The molecule has 0 rings (SSSR count). The van der Waals surface area contributed by atoms with Crippen molar-refractivity contribution in [2.45, 2.75) is 259 Å². The second-order valence-corrected chi connectivity index (χ2v) is 31.8. The average molecular weight is 1390 g/mol. The molecule has 0 fully saturated rings. The normalized spacial score (nSPS) is 14.2. The van der Waals surface area contributed by atoms with Crippen LogP contribution >= 0.6 is 0 Å². The fraction of sp³-hybridized carbons (Fsp3) is 0.842. The van der Waals surface area contributed by atoms with Crippen molar-refractivity contribution in [2.75, 3.05) is 48.5 Å². The van der Waals surface area contributed by atoms with E-state index in [9.17, 15) is 48.1 Å². The van der Waals surface area contributed by atoms with Crippen molar-refractivity contribution in [3.05, 3.63) is 36.5 Å². The lowest BCUT2D eigenvalue weighted by atomic mass is 10.1. The first-order valence-corrected chi connectivity index (χ1v) is 39.5. The fourth-order valence-electron chi connectivity index (χ4n) is 9.16. The number of aliphatic hydroxyl groups excluding tert-OH is 1. The molecule has 2 unspecified atom stereocenters. The van der Waals surface area contributed by atoms with E-state index in [1.807, 2.05) is 34.6 Å². The van der Waals surface area contributed by atoms with Crippen LogP contribution in [0.4, 0.5) is 22.4 Å². The first kappa shape index (κ1) is 87.8. The molecule has 0 aromatic heterocycles. The number of carboxylic acids is 1. The SMILES string of the molecule is C=C(C)C(=O)OC(N(F)S(=O)(=O)CCCCCCCC)(C(N(F)S(=O)(=O)CCCCCCCC)(N(F)S(=O)(=O)CCCCCCCC)N(F)S(=O)(=O)CCCCCCCC)[N+](F)(CC)S(=O)(=O)CCCCCCCC.C=C(CC=CC(=O)O)C(=O)OCCO. The first-order valence-electron chi connectivity index (χ1n) is 31.4. The Labute approximate surface area is 530 Å². The minimum Gasteiger partial charge on any atom is -0.478 e. The molecule has 0 aliphatic carbocycles. The number of sulfonamides is 5. The van der Waals surface area contributed by atoms with Gasteiger partial charge < -0.3 is 19.7 Å². The van der Waals surface area contributed by atoms with E-state index in [0.717, 1.165) is 18.9 Å². The molecule has 0 saturated heterocycles. The summed E-state index contributed by atoms with van der Waals surface area (Å²) in [5.41, 5.74) is -0.928. The van der Waals surface area contributed by atoms with Gasteiger partial charge in [0, 0.05) is 39.4 Å². The number of carbonyl (C=O) groups excluding carboxylic acids is 2. The molecule has 2 N–H and O–H groups in total. The number of carbonyl (C=O) groups is 3. The van der Waals surface area contributed by atoms with Gasteiger partial charge in [0.1, 0.15) is 18.9 Å². The molecule has 89 heavy (non-hydrogen) atoms. The molecule has 0 aromatic rings. The lowest BCUT2D eigenvalue weighted by Crippen LogP contribution is -2.90. The highest BCUT2D eigenvalue weighted by Gasteiger charge is 2.92. The van der Waals surface area contributed by atoms with E-state index in [1.165, 1.54) is 6.08 Å². The third-order valence-corrected chi connectivity index (χ3v) is 22.7. The van der Waals surface area contributed by atoms with Gasteiger partial charge >= 0.3 is 39.6 Å². The maximum absolute atomic E-state index is 19.5. The quantitative estimate of drug-likeness (QED) is 0.0143. The van der Waals surface area contributed by atoms with Gasteiger partial charge in [0.15, 0.2) is 0 Å². The van der Waals surface area contributed by atoms with Crippen molar-refractivity contribution < 1.29 is 103 Å². The third-order valence-electron chi connectivity index (χ3n) is 14.3. The van der Waals surface area contributed by atoms with Gasteiger partial charge in [0.05, 0.1) is 34.1 Å². The summed E-state index contributed by atoms with van der Waals surface area (Å²) in [4.78, 5) is 35.2. The van der Waals surface area contributed by atoms with Gasteiger partial charge in [0.2, 0.25) is 40.1 Å². The number of nitrogens with zero attached hydrogens (tertiary/aromatic N) is 5. The number of hydrogen-bond acceptors (Lipinski definition) is 16. The Hall–Kier alpha value is -3.21. The number of rotatable bonds is 55. The zero-order valence-electron chi connectivity index (χ0n) is 53.8.